The summed E-state index contributed by atoms with van der Waals surface area (Å²) in [5, 5.41) is 5.52. The molecule has 33 heavy (non-hydrogen) atoms. The highest BCUT2D eigenvalue weighted by Gasteiger charge is 2.32. The minimum Gasteiger partial charge on any atom is -0.369 e. The molecule has 2 aromatic heterocycles. The molecule has 4 heterocycles. The molecule has 2 amide bonds. The quantitative estimate of drug-likeness (QED) is 0.588. The first-order chi connectivity index (χ1) is 15.8. The van der Waals surface area contributed by atoms with Crippen molar-refractivity contribution in [3.8, 4) is 5.69 Å². The van der Waals surface area contributed by atoms with Gasteiger partial charge in [0.25, 0.3) is 5.56 Å². The monoisotopic (exact) mass is 466 g/mol. The van der Waals surface area contributed by atoms with Gasteiger partial charge in [-0.15, -0.1) is 0 Å². The van der Waals surface area contributed by atoms with Crippen LogP contribution >= 0.6 is 11.8 Å². The number of hydrogen-bond donors (Lipinski definition) is 1. The van der Waals surface area contributed by atoms with Crippen LogP contribution in [0.15, 0.2) is 34.3 Å². The van der Waals surface area contributed by atoms with Gasteiger partial charge < -0.3 is 10.6 Å². The zero-order valence-corrected chi connectivity index (χ0v) is 19.5. The second-order valence-corrected chi connectivity index (χ2v) is 9.87. The molecule has 5 rings (SSSR count). The van der Waals surface area contributed by atoms with Crippen molar-refractivity contribution >= 4 is 34.6 Å². The third-order valence-electron chi connectivity index (χ3n) is 6.61. The average Bonchev–Trinajstić information content (AvgIpc) is 3.39. The van der Waals surface area contributed by atoms with Gasteiger partial charge in [-0.3, -0.25) is 19.0 Å². The zero-order chi connectivity index (χ0) is 23.3. The first kappa shape index (κ1) is 21.7. The van der Waals surface area contributed by atoms with E-state index >= 15 is 0 Å². The fraction of sp³-hybridized carbons (Fsp3) is 0.435. The van der Waals surface area contributed by atoms with Gasteiger partial charge in [0.2, 0.25) is 11.8 Å². The number of hydrogen-bond acceptors (Lipinski definition) is 6. The van der Waals surface area contributed by atoms with Gasteiger partial charge in [-0.1, -0.05) is 29.5 Å². The Hall–Kier alpha value is -3.14. The molecule has 1 saturated heterocycles. The molecular formula is C23H26N6O3S. The number of fused-ring (bicyclic) bond motifs is 2. The van der Waals surface area contributed by atoms with Crippen LogP contribution in [0, 0.1) is 19.8 Å². The topological polar surface area (TPSA) is 116 Å². The SMILES string of the molecule is Cc1ccc(-n2ncc3c(=O)n4c(nc32)SCC4CC(=O)N2CCC(C(N)=O)CC2)c(C)c1. The molecule has 1 fully saturated rings. The Morgan fingerprint density at radius 3 is 2.67 bits per heavy atom. The molecule has 0 saturated carbocycles. The summed E-state index contributed by atoms with van der Waals surface area (Å²) in [6, 6.07) is 5.82. The van der Waals surface area contributed by atoms with E-state index < -0.39 is 0 Å². The normalized spacial score (nSPS) is 18.6. The van der Waals surface area contributed by atoms with Gasteiger partial charge in [0, 0.05) is 31.2 Å². The molecule has 0 bridgehead atoms. The number of carbonyl (C=O) groups is 2. The van der Waals surface area contributed by atoms with Crippen molar-refractivity contribution in [3.63, 3.8) is 0 Å². The number of benzene rings is 1. The van der Waals surface area contributed by atoms with E-state index in [1.54, 1.807) is 20.3 Å². The summed E-state index contributed by atoms with van der Waals surface area (Å²) in [6.45, 7) is 5.09. The van der Waals surface area contributed by atoms with E-state index in [1.165, 1.54) is 11.8 Å². The summed E-state index contributed by atoms with van der Waals surface area (Å²) in [6.07, 6.45) is 2.99. The first-order valence-electron chi connectivity index (χ1n) is 11.1. The van der Waals surface area contributed by atoms with Crippen LogP contribution < -0.4 is 11.3 Å². The Labute approximate surface area is 195 Å². The predicted octanol–water partition coefficient (Wildman–Crippen LogP) is 1.96. The third-order valence-corrected chi connectivity index (χ3v) is 7.71. The highest BCUT2D eigenvalue weighted by Crippen LogP contribution is 2.34. The zero-order valence-electron chi connectivity index (χ0n) is 18.7. The maximum absolute atomic E-state index is 13.4. The number of likely N-dealkylation sites (tertiary alicyclic amines) is 1. The molecule has 2 aliphatic heterocycles. The molecular weight excluding hydrogens is 440 g/mol. The lowest BCUT2D eigenvalue weighted by Gasteiger charge is -2.31. The summed E-state index contributed by atoms with van der Waals surface area (Å²) in [7, 11) is 0. The van der Waals surface area contributed by atoms with E-state index in [0.29, 0.717) is 47.9 Å². The van der Waals surface area contributed by atoms with Crippen LogP contribution in [0.3, 0.4) is 0 Å². The standard InChI is InChI=1S/C23H26N6O3S/c1-13-3-4-18(14(2)9-13)29-21-17(11-25-29)22(32)28-16(12-33-23(28)26-21)10-19(30)27-7-5-15(6-8-27)20(24)31/h3-4,9,11,15-16H,5-8,10,12H2,1-2H3,(H2,24,31). The summed E-state index contributed by atoms with van der Waals surface area (Å²) in [5.41, 5.74) is 8.86. The average molecular weight is 467 g/mol. The maximum Gasteiger partial charge on any atom is 0.265 e. The molecule has 0 aliphatic carbocycles. The lowest BCUT2D eigenvalue weighted by molar-refractivity contribution is -0.135. The Morgan fingerprint density at radius 1 is 1.21 bits per heavy atom. The van der Waals surface area contributed by atoms with Gasteiger partial charge in [-0.2, -0.15) is 5.10 Å². The third kappa shape index (κ3) is 3.82. The second kappa shape index (κ2) is 8.33. The van der Waals surface area contributed by atoms with E-state index in [1.807, 2.05) is 26.0 Å². The molecule has 3 aromatic rings. The van der Waals surface area contributed by atoms with Crippen molar-refractivity contribution in [2.75, 3.05) is 18.8 Å². The van der Waals surface area contributed by atoms with Gasteiger partial charge in [0.15, 0.2) is 10.8 Å². The highest BCUT2D eigenvalue weighted by atomic mass is 32.2. The first-order valence-corrected chi connectivity index (χ1v) is 12.1. The second-order valence-electron chi connectivity index (χ2n) is 8.88. The minimum absolute atomic E-state index is 0.00524. The highest BCUT2D eigenvalue weighted by molar-refractivity contribution is 7.99. The number of piperidine rings is 1. The van der Waals surface area contributed by atoms with Crippen LogP contribution in [0.2, 0.25) is 0 Å². The van der Waals surface area contributed by atoms with Gasteiger partial charge in [-0.25, -0.2) is 9.67 Å². The molecule has 0 radical (unpaired) electrons. The molecule has 9 nitrogen and oxygen atoms in total. The number of rotatable bonds is 4. The van der Waals surface area contributed by atoms with Gasteiger partial charge in [-0.05, 0) is 38.3 Å². The molecule has 2 aliphatic rings. The smallest absolute Gasteiger partial charge is 0.265 e. The number of aromatic nitrogens is 4. The van der Waals surface area contributed by atoms with Gasteiger partial charge in [0.05, 0.1) is 17.9 Å². The lowest BCUT2D eigenvalue weighted by Crippen LogP contribution is -2.42. The van der Waals surface area contributed by atoms with E-state index in [-0.39, 0.29) is 35.8 Å². The predicted molar refractivity (Wildman–Crippen MR) is 125 cm³/mol. The molecule has 2 N–H and O–H groups in total. The van der Waals surface area contributed by atoms with Crippen molar-refractivity contribution in [1.82, 2.24) is 24.2 Å². The van der Waals surface area contributed by atoms with Crippen LogP contribution in [0.1, 0.15) is 36.4 Å². The maximum atomic E-state index is 13.4. The van der Waals surface area contributed by atoms with Gasteiger partial charge >= 0.3 is 0 Å². The molecule has 10 heteroatoms. The van der Waals surface area contributed by atoms with Crippen molar-refractivity contribution < 1.29 is 9.59 Å². The van der Waals surface area contributed by atoms with Crippen LogP contribution in [0.5, 0.6) is 0 Å². The van der Waals surface area contributed by atoms with E-state index in [0.717, 1.165) is 16.8 Å². The number of nitrogens with zero attached hydrogens (tertiary/aromatic N) is 5. The Bertz CT molecular complexity index is 1320. The van der Waals surface area contributed by atoms with Crippen LogP contribution in [-0.2, 0) is 9.59 Å². The minimum atomic E-state index is -0.300. The summed E-state index contributed by atoms with van der Waals surface area (Å²) in [5.74, 6) is 0.154. The summed E-state index contributed by atoms with van der Waals surface area (Å²) >= 11 is 1.49. The van der Waals surface area contributed by atoms with Crippen molar-refractivity contribution in [2.24, 2.45) is 11.7 Å². The van der Waals surface area contributed by atoms with Crippen LogP contribution in [-0.4, -0.2) is 54.9 Å². The Kier molecular flexibility index (Phi) is 5.48. The van der Waals surface area contributed by atoms with Gasteiger partial charge in [0.1, 0.15) is 5.39 Å². The van der Waals surface area contributed by atoms with Crippen molar-refractivity contribution in [3.05, 3.63) is 45.9 Å². The largest absolute Gasteiger partial charge is 0.369 e. The van der Waals surface area contributed by atoms with E-state index in [4.69, 9.17) is 10.7 Å². The number of aryl methyl sites for hydroxylation is 2. The summed E-state index contributed by atoms with van der Waals surface area (Å²) < 4.78 is 3.36. The number of carbonyl (C=O) groups excluding carboxylic acids is 2. The van der Waals surface area contributed by atoms with E-state index in [2.05, 4.69) is 11.2 Å². The molecule has 0 spiro atoms. The van der Waals surface area contributed by atoms with Crippen molar-refractivity contribution in [1.29, 1.82) is 0 Å². The fourth-order valence-corrected chi connectivity index (χ4v) is 5.87. The number of amides is 2. The Balaban J connectivity index is 1.41. The summed E-state index contributed by atoms with van der Waals surface area (Å²) in [4.78, 5) is 44.2. The molecule has 1 aromatic carbocycles. The molecule has 1 atom stereocenters. The lowest BCUT2D eigenvalue weighted by atomic mass is 9.96. The Morgan fingerprint density at radius 2 is 1.97 bits per heavy atom. The number of thioether (sulfide) groups is 1. The number of primary amides is 1. The van der Waals surface area contributed by atoms with Crippen LogP contribution in [0.4, 0.5) is 0 Å². The molecule has 1 unspecified atom stereocenters. The van der Waals surface area contributed by atoms with E-state index in [9.17, 15) is 14.4 Å². The van der Waals surface area contributed by atoms with Crippen LogP contribution in [0.25, 0.3) is 16.7 Å². The number of nitrogens with two attached hydrogens (primary N) is 1. The fourth-order valence-electron chi connectivity index (χ4n) is 4.74. The van der Waals surface area contributed by atoms with Crippen molar-refractivity contribution in [2.45, 2.75) is 44.3 Å². The molecule has 172 valence electrons.